The van der Waals surface area contributed by atoms with Crippen molar-refractivity contribution in [1.82, 2.24) is 5.32 Å². The molecule has 58 valence electrons. The first-order chi connectivity index (χ1) is 4.68. The molecule has 0 aromatic rings. The number of rotatable bonds is 3. The van der Waals surface area contributed by atoms with Crippen molar-refractivity contribution < 1.29 is 9.59 Å². The summed E-state index contributed by atoms with van der Waals surface area (Å²) in [4.78, 5) is 20.5. The molecular weight excluding hydrogens is 132 g/mol. The lowest BCUT2D eigenvalue weighted by molar-refractivity contribution is -0.137. The van der Waals surface area contributed by atoms with E-state index in [4.69, 9.17) is 0 Å². The lowest BCUT2D eigenvalue weighted by atomic mass is 10.3. The molecule has 0 heterocycles. The average Bonchev–Trinajstić information content (AvgIpc) is 1.88. The highest BCUT2D eigenvalue weighted by Gasteiger charge is 2.05. The van der Waals surface area contributed by atoms with Crippen molar-refractivity contribution >= 4 is 11.8 Å². The Morgan fingerprint density at radius 2 is 2.10 bits per heavy atom. The van der Waals surface area contributed by atoms with Crippen LogP contribution in [0.15, 0.2) is 0 Å². The maximum Gasteiger partial charge on any atom is 0.309 e. The van der Waals surface area contributed by atoms with Crippen LogP contribution in [0.2, 0.25) is 0 Å². The Kier molecular flexibility index (Phi) is 4.28. The molecule has 0 fully saturated rings. The van der Waals surface area contributed by atoms with Gasteiger partial charge in [0, 0.05) is 6.54 Å². The van der Waals surface area contributed by atoms with Gasteiger partial charge >= 0.3 is 11.8 Å². The maximum absolute atomic E-state index is 10.4. The van der Waals surface area contributed by atoms with Crippen molar-refractivity contribution in [2.45, 2.75) is 19.8 Å². The number of hydrogen-bond donors (Lipinski definition) is 2. The topological polar surface area (TPSA) is 72.2 Å². The zero-order valence-electron chi connectivity index (χ0n) is 6.02. The van der Waals surface area contributed by atoms with Gasteiger partial charge in [0.1, 0.15) is 0 Å². The fourth-order valence-electron chi connectivity index (χ4n) is 0.466. The maximum atomic E-state index is 10.4. The molecule has 0 aromatic carbocycles. The van der Waals surface area contributed by atoms with E-state index in [1.807, 2.05) is 6.92 Å². The van der Waals surface area contributed by atoms with Crippen LogP contribution in [0.25, 0.3) is 0 Å². The van der Waals surface area contributed by atoms with Gasteiger partial charge in [-0.05, 0) is 6.42 Å². The smallest absolute Gasteiger partial charge is 0.309 e. The van der Waals surface area contributed by atoms with Crippen molar-refractivity contribution in [2.24, 2.45) is 5.73 Å². The third-order valence-electron chi connectivity index (χ3n) is 1.04. The van der Waals surface area contributed by atoms with Crippen LogP contribution >= 0.6 is 0 Å². The summed E-state index contributed by atoms with van der Waals surface area (Å²) in [6, 6.07) is 0. The lowest BCUT2D eigenvalue weighted by Gasteiger charge is -1.98. The average molecular weight is 144 g/mol. The summed E-state index contributed by atoms with van der Waals surface area (Å²) in [6.45, 7) is 2.52. The first-order valence-electron chi connectivity index (χ1n) is 3.26. The summed E-state index contributed by atoms with van der Waals surface area (Å²) in [7, 11) is 0. The quantitative estimate of drug-likeness (QED) is 0.409. The molecule has 10 heavy (non-hydrogen) atoms. The molecule has 0 aliphatic rings. The molecule has 0 radical (unpaired) electrons. The van der Waals surface area contributed by atoms with E-state index in [9.17, 15) is 9.59 Å². The highest BCUT2D eigenvalue weighted by Crippen LogP contribution is 1.81. The van der Waals surface area contributed by atoms with Gasteiger partial charge in [-0.3, -0.25) is 9.59 Å². The zero-order valence-corrected chi connectivity index (χ0v) is 6.02. The van der Waals surface area contributed by atoms with E-state index < -0.39 is 11.8 Å². The normalized spacial score (nSPS) is 8.90. The first kappa shape index (κ1) is 8.94. The number of amides is 2. The first-order valence-corrected chi connectivity index (χ1v) is 3.26. The van der Waals surface area contributed by atoms with Gasteiger partial charge in [-0.2, -0.15) is 0 Å². The van der Waals surface area contributed by atoms with Crippen LogP contribution in [0.4, 0.5) is 0 Å². The fraction of sp³-hybridized carbons (Fsp3) is 0.667. The fourth-order valence-corrected chi connectivity index (χ4v) is 0.466. The second kappa shape index (κ2) is 4.78. The number of unbranched alkanes of at least 4 members (excludes halogenated alkanes) is 1. The predicted molar refractivity (Wildman–Crippen MR) is 37.1 cm³/mol. The largest absolute Gasteiger partial charge is 0.361 e. The summed E-state index contributed by atoms with van der Waals surface area (Å²) in [5.74, 6) is -1.62. The summed E-state index contributed by atoms with van der Waals surface area (Å²) in [5, 5.41) is 2.37. The summed E-state index contributed by atoms with van der Waals surface area (Å²) >= 11 is 0. The standard InChI is InChI=1S/C6H12N2O2/c1-2-3-4-8-6(10)5(7)9/h2-4H2,1H3,(H2,7,9)(H,8,10). The summed E-state index contributed by atoms with van der Waals surface area (Å²) in [6.07, 6.45) is 1.86. The van der Waals surface area contributed by atoms with E-state index in [1.54, 1.807) is 0 Å². The van der Waals surface area contributed by atoms with Crippen LogP contribution in [0.1, 0.15) is 19.8 Å². The molecule has 4 heteroatoms. The minimum Gasteiger partial charge on any atom is -0.361 e. The van der Waals surface area contributed by atoms with Gasteiger partial charge in [0.05, 0.1) is 0 Å². The lowest BCUT2D eigenvalue weighted by Crippen LogP contribution is -2.36. The number of primary amides is 1. The monoisotopic (exact) mass is 144 g/mol. The van der Waals surface area contributed by atoms with E-state index in [0.717, 1.165) is 12.8 Å². The van der Waals surface area contributed by atoms with Gasteiger partial charge in [-0.15, -0.1) is 0 Å². The van der Waals surface area contributed by atoms with Crippen molar-refractivity contribution in [2.75, 3.05) is 6.54 Å². The van der Waals surface area contributed by atoms with Gasteiger partial charge in [0.25, 0.3) is 0 Å². The molecule has 0 atom stereocenters. The molecular formula is C6H12N2O2. The number of hydrogen-bond acceptors (Lipinski definition) is 2. The molecule has 0 rings (SSSR count). The van der Waals surface area contributed by atoms with E-state index in [2.05, 4.69) is 11.1 Å². The Balaban J connectivity index is 3.31. The van der Waals surface area contributed by atoms with Crippen LogP contribution in [-0.2, 0) is 9.59 Å². The Labute approximate surface area is 59.8 Å². The minimum absolute atomic E-state index is 0.526. The Bertz CT molecular complexity index is 134. The van der Waals surface area contributed by atoms with Crippen LogP contribution in [0, 0.1) is 0 Å². The van der Waals surface area contributed by atoms with Gasteiger partial charge in [-0.1, -0.05) is 13.3 Å². The Hall–Kier alpha value is -1.06. The number of carbonyl (C=O) groups is 2. The number of nitrogens with two attached hydrogens (primary N) is 1. The summed E-state index contributed by atoms with van der Waals surface area (Å²) < 4.78 is 0. The molecule has 3 N–H and O–H groups in total. The SMILES string of the molecule is CCCCNC(=O)C(N)=O. The Morgan fingerprint density at radius 3 is 2.50 bits per heavy atom. The van der Waals surface area contributed by atoms with E-state index >= 15 is 0 Å². The molecule has 2 amide bonds. The molecule has 0 bridgehead atoms. The molecule has 0 saturated heterocycles. The third-order valence-corrected chi connectivity index (χ3v) is 1.04. The van der Waals surface area contributed by atoms with Gasteiger partial charge in [-0.25, -0.2) is 0 Å². The highest BCUT2D eigenvalue weighted by atomic mass is 16.2. The molecule has 0 aliphatic heterocycles. The van der Waals surface area contributed by atoms with Crippen molar-refractivity contribution in [3.05, 3.63) is 0 Å². The third kappa shape index (κ3) is 3.88. The molecule has 4 nitrogen and oxygen atoms in total. The predicted octanol–water partition coefficient (Wildman–Crippen LogP) is -0.612. The van der Waals surface area contributed by atoms with E-state index in [-0.39, 0.29) is 0 Å². The van der Waals surface area contributed by atoms with Gasteiger partial charge in [0.2, 0.25) is 0 Å². The Morgan fingerprint density at radius 1 is 1.50 bits per heavy atom. The van der Waals surface area contributed by atoms with Crippen molar-refractivity contribution in [3.63, 3.8) is 0 Å². The van der Waals surface area contributed by atoms with Crippen LogP contribution in [0.5, 0.6) is 0 Å². The second-order valence-electron chi connectivity index (χ2n) is 1.97. The van der Waals surface area contributed by atoms with Crippen molar-refractivity contribution in [3.8, 4) is 0 Å². The molecule has 0 unspecified atom stereocenters. The second-order valence-corrected chi connectivity index (χ2v) is 1.97. The summed E-state index contributed by atoms with van der Waals surface area (Å²) in [5.41, 5.74) is 4.67. The molecule has 0 aliphatic carbocycles. The van der Waals surface area contributed by atoms with Gasteiger partial charge in [0.15, 0.2) is 0 Å². The van der Waals surface area contributed by atoms with E-state index in [0.29, 0.717) is 6.54 Å². The van der Waals surface area contributed by atoms with E-state index in [1.165, 1.54) is 0 Å². The van der Waals surface area contributed by atoms with Crippen LogP contribution in [0.3, 0.4) is 0 Å². The minimum atomic E-state index is -0.920. The number of carbonyl (C=O) groups excluding carboxylic acids is 2. The molecule has 0 spiro atoms. The van der Waals surface area contributed by atoms with Crippen LogP contribution < -0.4 is 11.1 Å². The van der Waals surface area contributed by atoms with Crippen molar-refractivity contribution in [1.29, 1.82) is 0 Å². The number of nitrogens with one attached hydrogen (secondary N) is 1. The van der Waals surface area contributed by atoms with Gasteiger partial charge < -0.3 is 11.1 Å². The highest BCUT2D eigenvalue weighted by molar-refractivity contribution is 6.34. The zero-order chi connectivity index (χ0) is 7.98. The van der Waals surface area contributed by atoms with Crippen LogP contribution in [-0.4, -0.2) is 18.4 Å². The molecule has 0 saturated carbocycles. The molecule has 0 aromatic heterocycles.